The van der Waals surface area contributed by atoms with E-state index in [1.807, 2.05) is 0 Å². The van der Waals surface area contributed by atoms with E-state index in [-0.39, 0.29) is 76.9 Å². The summed E-state index contributed by atoms with van der Waals surface area (Å²) in [5.41, 5.74) is 6.27. The summed E-state index contributed by atoms with van der Waals surface area (Å²) in [4.78, 5) is 51.2. The standard InChI is InChI=1S/C10H16N5O12P3.2Na/c11-9-8-10(13-3-12-9)15(4-14-8)7-1-5(16)6(25-7)2-24-29(20,21)27-30(22,23)26-28(17,18)19;;/h3-7,16H,1-2H2,(H,20,21)(H,22,23)(H2,11,12,13)(H2,17,18,19);;/q;2*+1/p-2/t5-,6-,7+;;/m1../s1. The van der Waals surface area contributed by atoms with Crippen LogP contribution in [0.25, 0.3) is 11.2 Å². The Bertz CT molecular complexity index is 1080. The minimum Gasteiger partial charge on any atom is -0.756 e. The maximum atomic E-state index is 11.7. The molecule has 0 spiro atoms. The summed E-state index contributed by atoms with van der Waals surface area (Å²) < 4.78 is 51.5. The van der Waals surface area contributed by atoms with Crippen molar-refractivity contribution in [1.29, 1.82) is 0 Å². The molecule has 2 aromatic heterocycles. The number of phosphoric acid groups is 3. The molecule has 1 aliphatic heterocycles. The average molecular weight is 535 g/mol. The number of ether oxygens (including phenoxy) is 1. The number of hydrogen-bond acceptors (Lipinski definition) is 14. The third kappa shape index (κ3) is 8.12. The third-order valence-corrected chi connectivity index (χ3v) is 7.44. The number of nitrogen functional groups attached to an aromatic ring is 1. The molecule has 3 heterocycles. The van der Waals surface area contributed by atoms with E-state index in [1.165, 1.54) is 17.2 Å². The smallest absolute Gasteiger partial charge is 0.756 e. The first-order valence-corrected chi connectivity index (χ1v) is 12.2. The van der Waals surface area contributed by atoms with E-state index >= 15 is 0 Å². The molecule has 1 aliphatic rings. The molecule has 0 aliphatic carbocycles. The molecule has 1 saturated heterocycles. The zero-order chi connectivity index (χ0) is 22.3. The van der Waals surface area contributed by atoms with Gasteiger partial charge in [0.05, 0.1) is 19.0 Å². The Kier molecular flexibility index (Phi) is 11.1. The van der Waals surface area contributed by atoms with E-state index in [4.69, 9.17) is 15.4 Å². The van der Waals surface area contributed by atoms with Crippen molar-refractivity contribution in [2.24, 2.45) is 0 Å². The van der Waals surface area contributed by atoms with Crippen LogP contribution in [0.3, 0.4) is 0 Å². The summed E-state index contributed by atoms with van der Waals surface area (Å²) in [6.07, 6.45) is -0.767. The maximum Gasteiger partial charge on any atom is 1.00 e. The van der Waals surface area contributed by atoms with Gasteiger partial charge in [0.25, 0.3) is 15.6 Å². The maximum absolute atomic E-state index is 11.7. The van der Waals surface area contributed by atoms with Crippen LogP contribution in [0.2, 0.25) is 0 Å². The Morgan fingerprint density at radius 1 is 1.19 bits per heavy atom. The summed E-state index contributed by atoms with van der Waals surface area (Å²) in [5.74, 6) is 0.116. The van der Waals surface area contributed by atoms with Gasteiger partial charge in [0.1, 0.15) is 24.2 Å². The largest absolute Gasteiger partial charge is 1.00 e. The minimum atomic E-state index is -5.95. The second-order valence-corrected chi connectivity index (χ2v) is 10.2. The fraction of sp³-hybridized carbons (Fsp3) is 0.500. The number of phosphoric ester groups is 1. The molecule has 1 fully saturated rings. The molecule has 2 aromatic rings. The average Bonchev–Trinajstić information content (AvgIpc) is 3.14. The van der Waals surface area contributed by atoms with Crippen LogP contribution in [0, 0.1) is 0 Å². The Morgan fingerprint density at radius 3 is 2.47 bits per heavy atom. The van der Waals surface area contributed by atoms with E-state index in [0.29, 0.717) is 5.65 Å². The first-order valence-electron chi connectivity index (χ1n) is 7.78. The van der Waals surface area contributed by atoms with Crippen molar-refractivity contribution in [2.45, 2.75) is 24.9 Å². The van der Waals surface area contributed by atoms with E-state index in [0.717, 1.165) is 0 Å². The molecule has 5 N–H and O–H groups in total. The number of aliphatic hydroxyl groups excluding tert-OH is 1. The molecule has 17 nitrogen and oxygen atoms in total. The monoisotopic (exact) mass is 535 g/mol. The van der Waals surface area contributed by atoms with Crippen LogP contribution in [0.1, 0.15) is 12.6 Å². The van der Waals surface area contributed by atoms with Crippen molar-refractivity contribution in [3.8, 4) is 0 Å². The molecule has 22 heteroatoms. The summed E-state index contributed by atoms with van der Waals surface area (Å²) in [6, 6.07) is 0. The van der Waals surface area contributed by atoms with Crippen LogP contribution in [0.4, 0.5) is 5.82 Å². The fourth-order valence-electron chi connectivity index (χ4n) is 2.58. The van der Waals surface area contributed by atoms with Gasteiger partial charge in [0.15, 0.2) is 11.5 Å². The zero-order valence-electron chi connectivity index (χ0n) is 16.5. The predicted molar refractivity (Wildman–Crippen MR) is 89.6 cm³/mol. The number of aliphatic hydroxyl groups is 1. The molecule has 168 valence electrons. The van der Waals surface area contributed by atoms with Crippen molar-refractivity contribution in [2.75, 3.05) is 12.3 Å². The number of nitrogens with two attached hydrogens (primary N) is 1. The molecule has 0 amide bonds. The number of aromatic nitrogens is 4. The Balaban J connectivity index is 0.00000256. The van der Waals surface area contributed by atoms with Gasteiger partial charge in [-0.3, -0.25) is 18.2 Å². The molecule has 3 rings (SSSR count). The number of rotatable bonds is 8. The zero-order valence-corrected chi connectivity index (χ0v) is 23.2. The van der Waals surface area contributed by atoms with Crippen molar-refractivity contribution in [1.82, 2.24) is 19.5 Å². The van der Waals surface area contributed by atoms with Crippen LogP contribution in [0.5, 0.6) is 0 Å². The molecule has 0 saturated carbocycles. The first-order chi connectivity index (χ1) is 13.8. The number of anilines is 1. The van der Waals surface area contributed by atoms with Gasteiger partial charge in [0.2, 0.25) is 0 Å². The third-order valence-electron chi connectivity index (χ3n) is 3.71. The SMILES string of the molecule is Nc1ncnc2c1ncn2[C@@H]1C[C@@H](O)[C@@H](COP(=O)(O)OP(=O)([O-])OP(=O)([O-])O)O1.[Na+].[Na+]. The number of nitrogens with zero attached hydrogens (tertiary/aromatic N) is 4. The van der Waals surface area contributed by atoms with E-state index in [1.54, 1.807) is 0 Å². The van der Waals surface area contributed by atoms with E-state index in [2.05, 4.69) is 28.1 Å². The van der Waals surface area contributed by atoms with Gasteiger partial charge >= 0.3 is 66.9 Å². The molecular weight excluding hydrogens is 521 g/mol. The molecular formula is C10H14N5Na2O12P3. The van der Waals surface area contributed by atoms with Crippen LogP contribution in [0.15, 0.2) is 12.7 Å². The second-order valence-electron chi connectivity index (χ2n) is 5.86. The Morgan fingerprint density at radius 2 is 1.84 bits per heavy atom. The molecule has 0 bridgehead atoms. The van der Waals surface area contributed by atoms with Gasteiger partial charge in [-0.1, -0.05) is 0 Å². The molecule has 0 aromatic carbocycles. The van der Waals surface area contributed by atoms with Crippen molar-refractivity contribution < 1.29 is 115 Å². The van der Waals surface area contributed by atoms with Gasteiger partial charge in [-0.2, -0.15) is 0 Å². The normalized spacial score (nSPS) is 26.3. The molecule has 0 radical (unpaired) electrons. The van der Waals surface area contributed by atoms with Crippen LogP contribution in [-0.4, -0.2) is 53.2 Å². The first kappa shape index (κ1) is 30.7. The fourth-order valence-corrected chi connectivity index (χ4v) is 5.51. The number of hydrogen-bond donors (Lipinski definition) is 4. The van der Waals surface area contributed by atoms with Gasteiger partial charge < -0.3 is 35.2 Å². The van der Waals surface area contributed by atoms with Gasteiger partial charge in [-0.25, -0.2) is 28.1 Å². The van der Waals surface area contributed by atoms with Crippen LogP contribution >= 0.6 is 23.5 Å². The summed E-state index contributed by atoms with van der Waals surface area (Å²) in [7, 11) is -17.2. The molecule has 3 unspecified atom stereocenters. The summed E-state index contributed by atoms with van der Waals surface area (Å²) in [5, 5.41) is 10.1. The quantitative estimate of drug-likeness (QED) is 0.181. The van der Waals surface area contributed by atoms with Crippen molar-refractivity contribution in [3.05, 3.63) is 12.7 Å². The second kappa shape index (κ2) is 11.6. The van der Waals surface area contributed by atoms with Gasteiger partial charge in [-0.05, 0) is 0 Å². The molecule has 6 atom stereocenters. The summed E-state index contributed by atoms with van der Waals surface area (Å²) in [6.45, 7) is -0.830. The van der Waals surface area contributed by atoms with E-state index in [9.17, 15) is 33.5 Å². The van der Waals surface area contributed by atoms with Gasteiger partial charge in [-0.15, -0.1) is 0 Å². The summed E-state index contributed by atoms with van der Waals surface area (Å²) >= 11 is 0. The predicted octanol–water partition coefficient (Wildman–Crippen LogP) is -7.86. The van der Waals surface area contributed by atoms with Crippen molar-refractivity contribution >= 4 is 40.4 Å². The Labute approximate surface area is 223 Å². The minimum absolute atomic E-state index is 0. The Hall–Kier alpha value is 0.680. The topological polar surface area (TPSA) is 265 Å². The van der Waals surface area contributed by atoms with Crippen LogP contribution in [-0.2, 0) is 31.6 Å². The van der Waals surface area contributed by atoms with E-state index < -0.39 is 48.5 Å². The van der Waals surface area contributed by atoms with Gasteiger partial charge in [0, 0.05) is 6.42 Å². The van der Waals surface area contributed by atoms with Crippen molar-refractivity contribution in [3.63, 3.8) is 0 Å². The molecule has 32 heavy (non-hydrogen) atoms. The number of imidazole rings is 1. The van der Waals surface area contributed by atoms with Crippen LogP contribution < -0.4 is 74.6 Å². The number of fused-ring (bicyclic) bond motifs is 1.